The van der Waals surface area contributed by atoms with Crippen LogP contribution in [0.2, 0.25) is 0 Å². The molecule has 4 nitrogen and oxygen atoms in total. The first kappa shape index (κ1) is 11.2. The van der Waals surface area contributed by atoms with Crippen LogP contribution < -0.4 is 4.90 Å². The van der Waals surface area contributed by atoms with Crippen molar-refractivity contribution >= 4 is 29.5 Å². The first-order chi connectivity index (χ1) is 8.88. The van der Waals surface area contributed by atoms with Crippen molar-refractivity contribution in [3.63, 3.8) is 0 Å². The summed E-state index contributed by atoms with van der Waals surface area (Å²) in [7, 11) is 0. The molecule has 0 unspecified atom stereocenters. The van der Waals surface area contributed by atoms with Gasteiger partial charge in [-0.1, -0.05) is 30.0 Å². The third kappa shape index (κ3) is 1.97. The number of hydrogen-bond acceptors (Lipinski definition) is 5. The minimum absolute atomic E-state index is 0.599. The van der Waals surface area contributed by atoms with Gasteiger partial charge in [-0.2, -0.15) is 0 Å². The predicted octanol–water partition coefficient (Wildman–Crippen LogP) is 2.73. The maximum absolute atomic E-state index is 4.58. The minimum atomic E-state index is 0.599. The van der Waals surface area contributed by atoms with E-state index in [-0.39, 0.29) is 0 Å². The first-order valence-corrected chi connectivity index (χ1v) is 6.84. The molecule has 3 rings (SSSR count). The van der Waals surface area contributed by atoms with E-state index in [0.717, 1.165) is 22.2 Å². The van der Waals surface area contributed by atoms with Crippen LogP contribution in [0.5, 0.6) is 0 Å². The zero-order valence-corrected chi connectivity index (χ0v) is 10.8. The number of aliphatic imine (C=N–C) groups is 1. The third-order valence-electron chi connectivity index (χ3n) is 2.73. The van der Waals surface area contributed by atoms with Gasteiger partial charge in [0.05, 0.1) is 5.56 Å². The average molecular weight is 256 g/mol. The second-order valence-corrected chi connectivity index (χ2v) is 4.63. The highest BCUT2D eigenvalue weighted by Crippen LogP contribution is 2.28. The zero-order chi connectivity index (χ0) is 12.4. The Bertz CT molecular complexity index is 583. The maximum atomic E-state index is 4.58. The number of para-hydroxylation sites is 1. The van der Waals surface area contributed by atoms with E-state index in [9.17, 15) is 0 Å². The summed E-state index contributed by atoms with van der Waals surface area (Å²) in [5.74, 6) is 0.926. The normalized spacial score (nSPS) is 13.5. The Morgan fingerprint density at radius 2 is 2.06 bits per heavy atom. The molecular weight excluding hydrogens is 244 g/mol. The van der Waals surface area contributed by atoms with E-state index in [1.54, 1.807) is 11.8 Å². The molecule has 5 heteroatoms. The lowest BCUT2D eigenvalue weighted by atomic mass is 10.2. The summed E-state index contributed by atoms with van der Waals surface area (Å²) in [6.45, 7) is 0.599. The molecule has 1 aromatic heterocycles. The lowest BCUT2D eigenvalue weighted by molar-refractivity contribution is 0.881. The minimum Gasteiger partial charge on any atom is -0.306 e. The van der Waals surface area contributed by atoms with E-state index in [1.165, 1.54) is 0 Å². The van der Waals surface area contributed by atoms with Crippen molar-refractivity contribution in [3.05, 3.63) is 42.1 Å². The predicted molar refractivity (Wildman–Crippen MR) is 74.9 cm³/mol. The molecule has 0 saturated heterocycles. The molecule has 2 aromatic rings. The fourth-order valence-electron chi connectivity index (χ4n) is 1.87. The molecule has 0 fully saturated rings. The number of thioether (sulfide) groups is 1. The van der Waals surface area contributed by atoms with Crippen molar-refractivity contribution < 1.29 is 0 Å². The number of rotatable bonds is 2. The smallest absolute Gasteiger partial charge is 0.189 e. The molecule has 1 aromatic carbocycles. The van der Waals surface area contributed by atoms with E-state index >= 15 is 0 Å². The Morgan fingerprint density at radius 3 is 2.83 bits per heavy atom. The van der Waals surface area contributed by atoms with E-state index < -0.39 is 0 Å². The second kappa shape index (κ2) is 4.78. The van der Waals surface area contributed by atoms with Crippen molar-refractivity contribution in [3.8, 4) is 0 Å². The molecular formula is C13H12N4S. The molecule has 0 N–H and O–H groups in total. The van der Waals surface area contributed by atoms with Gasteiger partial charge in [-0.25, -0.2) is 9.97 Å². The van der Waals surface area contributed by atoms with Crippen molar-refractivity contribution in [2.45, 2.75) is 5.16 Å². The van der Waals surface area contributed by atoms with E-state index in [1.807, 2.05) is 36.9 Å². The molecule has 90 valence electrons. The quantitative estimate of drug-likeness (QED) is 0.612. The van der Waals surface area contributed by atoms with Crippen LogP contribution >= 0.6 is 11.8 Å². The highest BCUT2D eigenvalue weighted by atomic mass is 32.2. The Hall–Kier alpha value is -1.88. The van der Waals surface area contributed by atoms with Crippen LogP contribution in [0.1, 0.15) is 5.56 Å². The molecule has 1 aliphatic rings. The van der Waals surface area contributed by atoms with Gasteiger partial charge >= 0.3 is 0 Å². The largest absolute Gasteiger partial charge is 0.306 e. The van der Waals surface area contributed by atoms with Crippen LogP contribution in [0.4, 0.5) is 11.5 Å². The molecule has 0 atom stereocenters. The SMILES string of the molecule is CSc1ncc2c(n1)N(c1ccccc1)CN=C2. The molecule has 0 radical (unpaired) electrons. The van der Waals surface area contributed by atoms with Gasteiger partial charge in [-0.05, 0) is 18.4 Å². The number of nitrogens with zero attached hydrogens (tertiary/aromatic N) is 4. The van der Waals surface area contributed by atoms with Gasteiger partial charge in [0.2, 0.25) is 0 Å². The fourth-order valence-corrected chi connectivity index (χ4v) is 2.21. The van der Waals surface area contributed by atoms with Crippen LogP contribution in [0.15, 0.2) is 46.7 Å². The van der Waals surface area contributed by atoms with Crippen LogP contribution in [0, 0.1) is 0 Å². The summed E-state index contributed by atoms with van der Waals surface area (Å²) in [5, 5.41) is 0.782. The Kier molecular flexibility index (Phi) is 2.98. The van der Waals surface area contributed by atoms with Crippen molar-refractivity contribution in [1.29, 1.82) is 0 Å². The van der Waals surface area contributed by atoms with E-state index in [4.69, 9.17) is 0 Å². The highest BCUT2D eigenvalue weighted by Gasteiger charge is 2.18. The molecule has 0 saturated carbocycles. The van der Waals surface area contributed by atoms with Gasteiger partial charge in [0.1, 0.15) is 12.5 Å². The molecule has 0 spiro atoms. The van der Waals surface area contributed by atoms with E-state index in [0.29, 0.717) is 6.67 Å². The van der Waals surface area contributed by atoms with Crippen molar-refractivity contribution in [2.75, 3.05) is 17.8 Å². The molecule has 1 aliphatic heterocycles. The Morgan fingerprint density at radius 1 is 1.22 bits per heavy atom. The molecule has 2 heterocycles. The summed E-state index contributed by atoms with van der Waals surface area (Å²) in [4.78, 5) is 15.3. The van der Waals surface area contributed by atoms with Crippen molar-refractivity contribution in [2.24, 2.45) is 4.99 Å². The number of fused-ring (bicyclic) bond motifs is 1. The van der Waals surface area contributed by atoms with Gasteiger partial charge in [0, 0.05) is 18.1 Å². The standard InChI is InChI=1S/C13H12N4S/c1-18-13-15-8-10-7-14-9-17(12(10)16-13)11-5-3-2-4-6-11/h2-8H,9H2,1H3. The topological polar surface area (TPSA) is 41.4 Å². The molecule has 0 amide bonds. The molecule has 18 heavy (non-hydrogen) atoms. The summed E-state index contributed by atoms with van der Waals surface area (Å²) >= 11 is 1.55. The highest BCUT2D eigenvalue weighted by molar-refractivity contribution is 7.98. The number of hydrogen-bond donors (Lipinski definition) is 0. The first-order valence-electron chi connectivity index (χ1n) is 5.62. The Labute approximate surface area is 110 Å². The number of benzene rings is 1. The summed E-state index contributed by atoms with van der Waals surface area (Å²) in [6, 6.07) is 10.2. The van der Waals surface area contributed by atoms with Gasteiger partial charge in [-0.15, -0.1) is 0 Å². The third-order valence-corrected chi connectivity index (χ3v) is 3.30. The maximum Gasteiger partial charge on any atom is 0.189 e. The number of anilines is 2. The monoisotopic (exact) mass is 256 g/mol. The molecule has 0 aliphatic carbocycles. The summed E-state index contributed by atoms with van der Waals surface area (Å²) in [5.41, 5.74) is 2.06. The second-order valence-electron chi connectivity index (χ2n) is 3.85. The fraction of sp³-hybridized carbons (Fsp3) is 0.154. The van der Waals surface area contributed by atoms with Crippen molar-refractivity contribution in [1.82, 2.24) is 9.97 Å². The van der Waals surface area contributed by atoms with Gasteiger partial charge in [0.15, 0.2) is 5.16 Å². The molecule has 0 bridgehead atoms. The summed E-state index contributed by atoms with van der Waals surface area (Å²) in [6.07, 6.45) is 5.64. The van der Waals surface area contributed by atoms with Crippen LogP contribution in [0.3, 0.4) is 0 Å². The average Bonchev–Trinajstić information content (AvgIpc) is 2.47. The van der Waals surface area contributed by atoms with Gasteiger partial charge < -0.3 is 4.90 Å². The van der Waals surface area contributed by atoms with E-state index in [2.05, 4.69) is 32.0 Å². The van der Waals surface area contributed by atoms with Crippen LogP contribution in [0.25, 0.3) is 0 Å². The Balaban J connectivity index is 2.08. The van der Waals surface area contributed by atoms with Gasteiger partial charge in [0.25, 0.3) is 0 Å². The lowest BCUT2D eigenvalue weighted by Gasteiger charge is -2.26. The van der Waals surface area contributed by atoms with Crippen LogP contribution in [-0.4, -0.2) is 29.1 Å². The van der Waals surface area contributed by atoms with Crippen LogP contribution in [-0.2, 0) is 0 Å². The zero-order valence-electron chi connectivity index (χ0n) is 9.95. The number of aromatic nitrogens is 2. The summed E-state index contributed by atoms with van der Waals surface area (Å²) < 4.78 is 0. The van der Waals surface area contributed by atoms with Gasteiger partial charge in [-0.3, -0.25) is 4.99 Å². The lowest BCUT2D eigenvalue weighted by Crippen LogP contribution is -2.23.